The molecule has 0 radical (unpaired) electrons. The van der Waals surface area contributed by atoms with Gasteiger partial charge < -0.3 is 10.7 Å². The quantitative estimate of drug-likeness (QED) is 0.582. The summed E-state index contributed by atoms with van der Waals surface area (Å²) in [5.41, 5.74) is 6.40. The molecule has 0 bridgehead atoms. The summed E-state index contributed by atoms with van der Waals surface area (Å²) in [6.45, 7) is 0. The number of aromatic nitrogens is 2. The molecule has 0 saturated carbocycles. The number of aromatic amines is 1. The number of halogens is 1. The molecule has 0 spiro atoms. The molecule has 2 rings (SSSR count). The minimum Gasteiger partial charge on any atom is -0.369 e. The number of primary amides is 1. The summed E-state index contributed by atoms with van der Waals surface area (Å²) in [6, 6.07) is 0. The van der Waals surface area contributed by atoms with E-state index >= 15 is 0 Å². The van der Waals surface area contributed by atoms with Crippen LogP contribution in [0, 0.1) is 4.64 Å². The number of carbonyl (C=O) groups excluding carboxylic acids is 1. The third-order valence-corrected chi connectivity index (χ3v) is 4.23. The Hall–Kier alpha value is -0.700. The molecule has 1 aliphatic rings. The summed E-state index contributed by atoms with van der Waals surface area (Å²) in [7, 11) is 0. The molecule has 1 aromatic heterocycles. The first-order valence-electron chi connectivity index (χ1n) is 4.36. The van der Waals surface area contributed by atoms with Crippen LogP contribution in [-0.2, 0) is 11.2 Å². The molecule has 0 saturated heterocycles. The van der Waals surface area contributed by atoms with Gasteiger partial charge in [-0.2, -0.15) is 0 Å². The highest BCUT2D eigenvalue weighted by molar-refractivity contribution is 14.1. The van der Waals surface area contributed by atoms with Crippen molar-refractivity contribution in [1.82, 2.24) is 7.76 Å². The van der Waals surface area contributed by atoms with Crippen LogP contribution in [0.5, 0.6) is 0 Å². The maximum absolute atomic E-state index is 11.4. The number of fused-ring (bicyclic) bond motifs is 1. The SMILES string of the molecule is NC(=O)C1CCc2c1[nH]c(=O)n(I)c2=S. The van der Waals surface area contributed by atoms with Crippen molar-refractivity contribution < 1.29 is 4.79 Å². The van der Waals surface area contributed by atoms with Crippen molar-refractivity contribution in [3.05, 3.63) is 26.4 Å². The molecule has 0 fully saturated rings. The van der Waals surface area contributed by atoms with Gasteiger partial charge in [0.1, 0.15) is 4.64 Å². The van der Waals surface area contributed by atoms with Crippen molar-refractivity contribution >= 4 is 41.0 Å². The van der Waals surface area contributed by atoms with Crippen LogP contribution in [0.3, 0.4) is 0 Å². The van der Waals surface area contributed by atoms with Gasteiger partial charge in [0.25, 0.3) is 0 Å². The van der Waals surface area contributed by atoms with Crippen LogP contribution >= 0.6 is 35.1 Å². The van der Waals surface area contributed by atoms with Gasteiger partial charge in [-0.1, -0.05) is 12.2 Å². The molecule has 1 atom stereocenters. The van der Waals surface area contributed by atoms with Crippen molar-refractivity contribution in [1.29, 1.82) is 0 Å². The van der Waals surface area contributed by atoms with Crippen molar-refractivity contribution in [2.45, 2.75) is 18.8 Å². The first-order chi connectivity index (χ1) is 7.02. The maximum atomic E-state index is 11.4. The van der Waals surface area contributed by atoms with E-state index < -0.39 is 11.8 Å². The molecule has 5 nitrogen and oxygen atoms in total. The van der Waals surface area contributed by atoms with Crippen LogP contribution in [-0.4, -0.2) is 13.7 Å². The second-order valence-corrected chi connectivity index (χ2v) is 4.75. The van der Waals surface area contributed by atoms with Crippen molar-refractivity contribution in [2.75, 3.05) is 0 Å². The maximum Gasteiger partial charge on any atom is 0.335 e. The minimum absolute atomic E-state index is 0.312. The minimum atomic E-state index is -0.412. The first-order valence-corrected chi connectivity index (χ1v) is 5.73. The van der Waals surface area contributed by atoms with Crippen LogP contribution in [0.4, 0.5) is 0 Å². The summed E-state index contributed by atoms with van der Waals surface area (Å²) in [6.07, 6.45) is 1.33. The number of nitrogens with zero attached hydrogens (tertiary/aromatic N) is 1. The zero-order valence-electron chi connectivity index (χ0n) is 7.62. The van der Waals surface area contributed by atoms with Crippen LogP contribution in [0.15, 0.2) is 4.79 Å². The van der Waals surface area contributed by atoms with Crippen molar-refractivity contribution in [2.24, 2.45) is 5.73 Å². The van der Waals surface area contributed by atoms with Crippen LogP contribution < -0.4 is 11.4 Å². The third kappa shape index (κ3) is 1.63. The second-order valence-electron chi connectivity index (χ2n) is 3.40. The van der Waals surface area contributed by atoms with Gasteiger partial charge in [-0.15, -0.1) is 0 Å². The van der Waals surface area contributed by atoms with E-state index in [2.05, 4.69) is 4.98 Å². The number of carbonyl (C=O) groups is 1. The molecule has 1 aliphatic carbocycles. The Labute approximate surface area is 104 Å². The molecule has 7 heteroatoms. The zero-order valence-corrected chi connectivity index (χ0v) is 10.6. The molecule has 0 aliphatic heterocycles. The summed E-state index contributed by atoms with van der Waals surface area (Å²) >= 11 is 6.97. The summed E-state index contributed by atoms with van der Waals surface area (Å²) in [5, 5.41) is 0. The number of amides is 1. The highest BCUT2D eigenvalue weighted by atomic mass is 127. The van der Waals surface area contributed by atoms with E-state index in [-0.39, 0.29) is 5.69 Å². The number of nitrogens with one attached hydrogen (secondary N) is 1. The monoisotopic (exact) mass is 337 g/mol. The van der Waals surface area contributed by atoms with Gasteiger partial charge in [0, 0.05) is 11.3 Å². The Morgan fingerprint density at radius 3 is 2.93 bits per heavy atom. The molecule has 80 valence electrons. The smallest absolute Gasteiger partial charge is 0.335 e. The van der Waals surface area contributed by atoms with E-state index in [0.717, 1.165) is 5.56 Å². The fraction of sp³-hybridized carbons (Fsp3) is 0.375. The first kappa shape index (κ1) is 10.8. The molecular formula is C8H8IN3O2S. The molecule has 0 aromatic carbocycles. The lowest BCUT2D eigenvalue weighted by molar-refractivity contribution is -0.119. The number of hydrogen-bond donors (Lipinski definition) is 2. The van der Waals surface area contributed by atoms with E-state index in [9.17, 15) is 9.59 Å². The standard InChI is InChI=1S/C8H8IN3O2S/c9-12-7(15)4-2-1-3(6(10)13)5(4)11-8(12)14/h3H,1-2H2,(H2,10,13)(H,11,14). The lowest BCUT2D eigenvalue weighted by atomic mass is 10.1. The van der Waals surface area contributed by atoms with Crippen LogP contribution in [0.2, 0.25) is 0 Å². The molecular weight excluding hydrogens is 329 g/mol. The number of nitrogens with two attached hydrogens (primary N) is 1. The van der Waals surface area contributed by atoms with Crippen molar-refractivity contribution in [3.8, 4) is 0 Å². The molecule has 1 aromatic rings. The molecule has 1 heterocycles. The molecule has 3 N–H and O–H groups in total. The Bertz CT molecular complexity index is 548. The predicted molar refractivity (Wildman–Crippen MR) is 65.6 cm³/mol. The van der Waals surface area contributed by atoms with Gasteiger partial charge >= 0.3 is 5.69 Å². The fourth-order valence-corrected chi connectivity index (χ4v) is 2.53. The average Bonchev–Trinajstić information content (AvgIpc) is 2.58. The van der Waals surface area contributed by atoms with E-state index in [0.29, 0.717) is 23.2 Å². The topological polar surface area (TPSA) is 80.9 Å². The Morgan fingerprint density at radius 2 is 2.33 bits per heavy atom. The summed E-state index contributed by atoms with van der Waals surface area (Å²) < 4.78 is 1.83. The Kier molecular flexibility index (Phi) is 2.67. The fourth-order valence-electron chi connectivity index (χ4n) is 1.82. The average molecular weight is 337 g/mol. The lowest BCUT2D eigenvalue weighted by Gasteiger charge is -2.06. The van der Waals surface area contributed by atoms with E-state index in [1.54, 1.807) is 0 Å². The number of H-pyrrole nitrogens is 1. The largest absolute Gasteiger partial charge is 0.369 e. The zero-order chi connectivity index (χ0) is 11.2. The van der Waals surface area contributed by atoms with Crippen molar-refractivity contribution in [3.63, 3.8) is 0 Å². The Morgan fingerprint density at radius 1 is 1.67 bits per heavy atom. The number of hydrogen-bond acceptors (Lipinski definition) is 3. The lowest BCUT2D eigenvalue weighted by Crippen LogP contribution is -2.25. The Balaban J connectivity index is 2.71. The highest BCUT2D eigenvalue weighted by Gasteiger charge is 2.29. The van der Waals surface area contributed by atoms with Gasteiger partial charge in [0.2, 0.25) is 5.91 Å². The van der Waals surface area contributed by atoms with Crippen LogP contribution in [0.25, 0.3) is 0 Å². The molecule has 15 heavy (non-hydrogen) atoms. The summed E-state index contributed by atoms with van der Waals surface area (Å²) in [4.78, 5) is 25.2. The van der Waals surface area contributed by atoms with E-state index in [1.165, 1.54) is 2.78 Å². The summed E-state index contributed by atoms with van der Waals surface area (Å²) in [5.74, 6) is -0.808. The van der Waals surface area contributed by atoms with Crippen LogP contribution in [0.1, 0.15) is 23.6 Å². The number of rotatable bonds is 1. The molecule has 1 unspecified atom stereocenters. The predicted octanol–water partition coefficient (Wildman–Crippen LogP) is 0.619. The van der Waals surface area contributed by atoms with Gasteiger partial charge in [0.05, 0.1) is 28.8 Å². The second kappa shape index (κ2) is 3.71. The normalized spacial score (nSPS) is 18.9. The highest BCUT2D eigenvalue weighted by Crippen LogP contribution is 2.31. The third-order valence-electron chi connectivity index (χ3n) is 2.56. The van der Waals surface area contributed by atoms with E-state index in [1.807, 2.05) is 22.9 Å². The van der Waals surface area contributed by atoms with Gasteiger partial charge in [-0.3, -0.25) is 4.79 Å². The molecule has 1 amide bonds. The van der Waals surface area contributed by atoms with Gasteiger partial charge in [-0.05, 0) is 12.8 Å². The van der Waals surface area contributed by atoms with E-state index in [4.69, 9.17) is 18.0 Å². The van der Waals surface area contributed by atoms with Gasteiger partial charge in [0.15, 0.2) is 0 Å². The van der Waals surface area contributed by atoms with Gasteiger partial charge in [-0.25, -0.2) is 7.58 Å².